The molecule has 0 saturated carbocycles. The van der Waals surface area contributed by atoms with Crippen LogP contribution in [0.2, 0.25) is 0 Å². The normalized spacial score (nSPS) is 10.2. The Bertz CT molecular complexity index is 523. The minimum absolute atomic E-state index is 0.262. The second-order valence-corrected chi connectivity index (χ2v) is 4.72. The highest BCUT2D eigenvalue weighted by Crippen LogP contribution is 2.22. The molecule has 0 amide bonds. The molecule has 3 heteroatoms. The Balaban J connectivity index is 2.05. The Morgan fingerprint density at radius 2 is 2.00 bits per heavy atom. The minimum atomic E-state index is 0.262. The molecule has 88 valence electrons. The number of hydrogen-bond acceptors (Lipinski definition) is 2. The van der Waals surface area contributed by atoms with Gasteiger partial charge in [0.15, 0.2) is 0 Å². The molecule has 2 rings (SSSR count). The van der Waals surface area contributed by atoms with Gasteiger partial charge in [-0.3, -0.25) is 0 Å². The van der Waals surface area contributed by atoms with Crippen LogP contribution < -0.4 is 4.74 Å². The second kappa shape index (κ2) is 5.23. The van der Waals surface area contributed by atoms with Gasteiger partial charge in [-0.15, -0.1) is 0 Å². The van der Waals surface area contributed by atoms with Gasteiger partial charge in [0.25, 0.3) is 0 Å². The van der Waals surface area contributed by atoms with Crippen molar-refractivity contribution >= 4 is 15.9 Å². The molecular weight excluding hydrogens is 280 g/mol. The summed E-state index contributed by atoms with van der Waals surface area (Å²) < 4.78 is 6.72. The summed E-state index contributed by atoms with van der Waals surface area (Å²) in [5.74, 6) is 1.09. The van der Waals surface area contributed by atoms with Crippen molar-refractivity contribution in [2.75, 3.05) is 0 Å². The maximum absolute atomic E-state index is 9.33. The van der Waals surface area contributed by atoms with Gasteiger partial charge in [0.2, 0.25) is 0 Å². The van der Waals surface area contributed by atoms with Crippen molar-refractivity contribution < 1.29 is 9.84 Å². The number of benzene rings is 2. The van der Waals surface area contributed by atoms with Gasteiger partial charge in [-0.05, 0) is 48.4 Å². The number of halogens is 1. The average Bonchev–Trinajstić information content (AvgIpc) is 2.31. The van der Waals surface area contributed by atoms with E-state index in [-0.39, 0.29) is 5.75 Å². The largest absolute Gasteiger partial charge is 0.508 e. The van der Waals surface area contributed by atoms with Crippen LogP contribution in [0, 0.1) is 6.92 Å². The molecule has 0 bridgehead atoms. The van der Waals surface area contributed by atoms with Crippen LogP contribution >= 0.6 is 15.9 Å². The summed E-state index contributed by atoms with van der Waals surface area (Å²) >= 11 is 3.45. The zero-order chi connectivity index (χ0) is 12.3. The van der Waals surface area contributed by atoms with Crippen LogP contribution in [0.3, 0.4) is 0 Å². The zero-order valence-electron chi connectivity index (χ0n) is 9.48. The van der Waals surface area contributed by atoms with E-state index in [9.17, 15) is 5.11 Å². The van der Waals surface area contributed by atoms with E-state index < -0.39 is 0 Å². The summed E-state index contributed by atoms with van der Waals surface area (Å²) in [5, 5.41) is 9.33. The fourth-order valence-corrected chi connectivity index (χ4v) is 1.77. The lowest BCUT2D eigenvalue weighted by Crippen LogP contribution is -1.95. The van der Waals surface area contributed by atoms with Gasteiger partial charge in [-0.2, -0.15) is 0 Å². The Morgan fingerprint density at radius 3 is 2.71 bits per heavy atom. The molecule has 0 aromatic heterocycles. The standard InChI is InChI=1S/C14H13BrO2/c1-10-7-13(5-6-14(10)15)17-9-11-3-2-4-12(16)8-11/h2-8,16H,9H2,1H3. The van der Waals surface area contributed by atoms with E-state index in [0.29, 0.717) is 6.61 Å². The van der Waals surface area contributed by atoms with Crippen molar-refractivity contribution in [3.05, 3.63) is 58.1 Å². The molecule has 2 aromatic carbocycles. The SMILES string of the molecule is Cc1cc(OCc2cccc(O)c2)ccc1Br. The van der Waals surface area contributed by atoms with Crippen molar-refractivity contribution in [3.8, 4) is 11.5 Å². The number of rotatable bonds is 3. The Labute approximate surface area is 109 Å². The fourth-order valence-electron chi connectivity index (χ4n) is 1.52. The van der Waals surface area contributed by atoms with Crippen LogP contribution in [0.15, 0.2) is 46.9 Å². The van der Waals surface area contributed by atoms with E-state index in [2.05, 4.69) is 15.9 Å². The van der Waals surface area contributed by atoms with Crippen LogP contribution in [0.4, 0.5) is 0 Å². The molecular formula is C14H13BrO2. The van der Waals surface area contributed by atoms with Gasteiger partial charge in [-0.1, -0.05) is 28.1 Å². The van der Waals surface area contributed by atoms with Gasteiger partial charge < -0.3 is 9.84 Å². The first kappa shape index (κ1) is 12.0. The van der Waals surface area contributed by atoms with Gasteiger partial charge in [0.1, 0.15) is 18.1 Å². The smallest absolute Gasteiger partial charge is 0.120 e. The highest BCUT2D eigenvalue weighted by Gasteiger charge is 2.00. The Hall–Kier alpha value is -1.48. The quantitative estimate of drug-likeness (QED) is 0.925. The predicted molar refractivity (Wildman–Crippen MR) is 71.3 cm³/mol. The maximum Gasteiger partial charge on any atom is 0.120 e. The van der Waals surface area contributed by atoms with Gasteiger partial charge in [0, 0.05) is 4.47 Å². The lowest BCUT2D eigenvalue weighted by Gasteiger charge is -2.08. The molecule has 17 heavy (non-hydrogen) atoms. The molecule has 2 aromatic rings. The summed E-state index contributed by atoms with van der Waals surface area (Å²) in [5.41, 5.74) is 2.09. The summed E-state index contributed by atoms with van der Waals surface area (Å²) in [6.45, 7) is 2.47. The highest BCUT2D eigenvalue weighted by molar-refractivity contribution is 9.10. The number of ether oxygens (including phenoxy) is 1. The van der Waals surface area contributed by atoms with E-state index in [1.807, 2.05) is 31.2 Å². The number of phenols is 1. The summed E-state index contributed by atoms with van der Waals surface area (Å²) in [6, 6.07) is 12.9. The highest BCUT2D eigenvalue weighted by atomic mass is 79.9. The van der Waals surface area contributed by atoms with Crippen LogP contribution in [0.1, 0.15) is 11.1 Å². The average molecular weight is 293 g/mol. The van der Waals surface area contributed by atoms with Gasteiger partial charge in [-0.25, -0.2) is 0 Å². The third-order valence-corrected chi connectivity index (χ3v) is 3.34. The van der Waals surface area contributed by atoms with E-state index in [1.54, 1.807) is 18.2 Å². The molecule has 2 nitrogen and oxygen atoms in total. The maximum atomic E-state index is 9.33. The molecule has 0 radical (unpaired) electrons. The summed E-state index contributed by atoms with van der Waals surface area (Å²) in [7, 11) is 0. The van der Waals surface area contributed by atoms with Crippen LogP contribution in [0.25, 0.3) is 0 Å². The van der Waals surface area contributed by atoms with E-state index >= 15 is 0 Å². The molecule has 1 N–H and O–H groups in total. The van der Waals surface area contributed by atoms with E-state index in [4.69, 9.17) is 4.74 Å². The Morgan fingerprint density at radius 1 is 1.18 bits per heavy atom. The predicted octanol–water partition coefficient (Wildman–Crippen LogP) is 4.04. The monoisotopic (exact) mass is 292 g/mol. The molecule has 0 spiro atoms. The molecule has 0 aliphatic heterocycles. The van der Waals surface area contributed by atoms with Crippen LogP contribution in [-0.4, -0.2) is 5.11 Å². The Kier molecular flexibility index (Phi) is 3.69. The topological polar surface area (TPSA) is 29.5 Å². The first-order chi connectivity index (χ1) is 8.15. The van der Waals surface area contributed by atoms with Crippen molar-refractivity contribution in [3.63, 3.8) is 0 Å². The first-order valence-corrected chi connectivity index (χ1v) is 6.11. The minimum Gasteiger partial charge on any atom is -0.508 e. The molecule has 0 unspecified atom stereocenters. The lowest BCUT2D eigenvalue weighted by molar-refractivity contribution is 0.305. The molecule has 0 aliphatic carbocycles. The first-order valence-electron chi connectivity index (χ1n) is 5.32. The van der Waals surface area contributed by atoms with Crippen molar-refractivity contribution in [2.24, 2.45) is 0 Å². The fraction of sp³-hybridized carbons (Fsp3) is 0.143. The molecule has 0 aliphatic rings. The van der Waals surface area contributed by atoms with E-state index in [1.165, 1.54) is 0 Å². The van der Waals surface area contributed by atoms with Crippen molar-refractivity contribution in [1.82, 2.24) is 0 Å². The van der Waals surface area contributed by atoms with Crippen molar-refractivity contribution in [2.45, 2.75) is 13.5 Å². The van der Waals surface area contributed by atoms with Crippen LogP contribution in [0.5, 0.6) is 11.5 Å². The van der Waals surface area contributed by atoms with Crippen LogP contribution in [-0.2, 0) is 6.61 Å². The summed E-state index contributed by atoms with van der Waals surface area (Å²) in [6.07, 6.45) is 0. The number of aromatic hydroxyl groups is 1. The zero-order valence-corrected chi connectivity index (χ0v) is 11.1. The summed E-state index contributed by atoms with van der Waals surface area (Å²) in [4.78, 5) is 0. The molecule has 0 fully saturated rings. The molecule has 0 atom stereocenters. The van der Waals surface area contributed by atoms with E-state index in [0.717, 1.165) is 21.3 Å². The van der Waals surface area contributed by atoms with Gasteiger partial charge in [0.05, 0.1) is 0 Å². The number of aryl methyl sites for hydroxylation is 1. The number of phenolic OH excluding ortho intramolecular Hbond substituents is 1. The number of hydrogen-bond donors (Lipinski definition) is 1. The van der Waals surface area contributed by atoms with Gasteiger partial charge >= 0.3 is 0 Å². The van der Waals surface area contributed by atoms with Crippen molar-refractivity contribution in [1.29, 1.82) is 0 Å². The third-order valence-electron chi connectivity index (χ3n) is 2.45. The third kappa shape index (κ3) is 3.24. The molecule has 0 heterocycles. The second-order valence-electron chi connectivity index (χ2n) is 3.87. The lowest BCUT2D eigenvalue weighted by atomic mass is 10.2. The molecule has 0 saturated heterocycles.